The summed E-state index contributed by atoms with van der Waals surface area (Å²) in [5.41, 5.74) is 3.36. The summed E-state index contributed by atoms with van der Waals surface area (Å²) >= 11 is 0. The van der Waals surface area contributed by atoms with E-state index < -0.39 is 5.60 Å². The van der Waals surface area contributed by atoms with Crippen LogP contribution >= 0.6 is 0 Å². The molecule has 0 fully saturated rings. The zero-order valence-corrected chi connectivity index (χ0v) is 19.9. The second kappa shape index (κ2) is 9.86. The zero-order chi connectivity index (χ0) is 24.2. The first-order valence-corrected chi connectivity index (χ1v) is 10.9. The Kier molecular flexibility index (Phi) is 7.17. The van der Waals surface area contributed by atoms with E-state index in [1.165, 1.54) is 0 Å². The van der Waals surface area contributed by atoms with Crippen molar-refractivity contribution in [1.29, 1.82) is 5.26 Å². The van der Waals surface area contributed by atoms with Gasteiger partial charge in [0, 0.05) is 17.5 Å². The van der Waals surface area contributed by atoms with Gasteiger partial charge in [-0.3, -0.25) is 4.79 Å². The number of carbonyl (C=O) groups excluding carboxylic acids is 1. The molecule has 1 heterocycles. The fourth-order valence-electron chi connectivity index (χ4n) is 3.34. The Morgan fingerprint density at radius 1 is 1.15 bits per heavy atom. The van der Waals surface area contributed by atoms with Crippen molar-refractivity contribution in [2.75, 3.05) is 0 Å². The van der Waals surface area contributed by atoms with Gasteiger partial charge < -0.3 is 14.0 Å². The fraction of sp³-hybridized carbons (Fsp3) is 0.385. The lowest BCUT2D eigenvalue weighted by atomic mass is 10.0. The maximum Gasteiger partial charge on any atom is 0.306 e. The summed E-state index contributed by atoms with van der Waals surface area (Å²) in [4.78, 5) is 16.6. The smallest absolute Gasteiger partial charge is 0.306 e. The summed E-state index contributed by atoms with van der Waals surface area (Å²) < 4.78 is 16.5. The zero-order valence-electron chi connectivity index (χ0n) is 19.9. The van der Waals surface area contributed by atoms with Crippen LogP contribution in [0.5, 0.6) is 5.75 Å². The van der Waals surface area contributed by atoms with Gasteiger partial charge in [0.25, 0.3) is 5.89 Å². The lowest BCUT2D eigenvalue weighted by Crippen LogP contribution is -2.24. The van der Waals surface area contributed by atoms with E-state index in [9.17, 15) is 10.1 Å². The maximum absolute atomic E-state index is 12.1. The highest BCUT2D eigenvalue weighted by atomic mass is 16.6. The van der Waals surface area contributed by atoms with Crippen LogP contribution in [0.15, 0.2) is 40.9 Å². The Morgan fingerprint density at radius 2 is 1.91 bits per heavy atom. The molecule has 1 aromatic heterocycles. The molecule has 7 nitrogen and oxygen atoms in total. The minimum Gasteiger partial charge on any atom is -0.490 e. The minimum atomic E-state index is -0.500. The first kappa shape index (κ1) is 24.0. The maximum atomic E-state index is 12.1. The highest BCUT2D eigenvalue weighted by Crippen LogP contribution is 2.28. The molecule has 0 atom stereocenters. The van der Waals surface area contributed by atoms with Crippen molar-refractivity contribution >= 4 is 5.97 Å². The van der Waals surface area contributed by atoms with Gasteiger partial charge in [-0.1, -0.05) is 16.8 Å². The molecule has 0 bridgehead atoms. The van der Waals surface area contributed by atoms with Gasteiger partial charge in [-0.05, 0) is 83.9 Å². The average Bonchev–Trinajstić information content (AvgIpc) is 3.21. The van der Waals surface area contributed by atoms with Crippen molar-refractivity contribution in [1.82, 2.24) is 10.1 Å². The molecular weight excluding hydrogens is 418 g/mol. The molecule has 0 saturated carbocycles. The third kappa shape index (κ3) is 6.66. The van der Waals surface area contributed by atoms with Gasteiger partial charge >= 0.3 is 5.97 Å². The Morgan fingerprint density at radius 3 is 2.58 bits per heavy atom. The number of nitrogens with zero attached hydrogens (tertiary/aromatic N) is 3. The van der Waals surface area contributed by atoms with Gasteiger partial charge in [-0.15, -0.1) is 0 Å². The lowest BCUT2D eigenvalue weighted by Gasteiger charge is -2.19. The summed E-state index contributed by atoms with van der Waals surface area (Å²) in [7, 11) is 0. The summed E-state index contributed by atoms with van der Waals surface area (Å²) in [5.74, 6) is 1.04. The molecule has 172 valence electrons. The summed E-state index contributed by atoms with van der Waals surface area (Å²) in [5, 5.41) is 13.6. The number of hydrogen-bond donors (Lipinski definition) is 0. The van der Waals surface area contributed by atoms with Crippen molar-refractivity contribution in [3.05, 3.63) is 53.1 Å². The molecule has 0 N–H and O–H groups in total. The topological polar surface area (TPSA) is 98.2 Å². The molecule has 0 aliphatic carbocycles. The third-order valence-electron chi connectivity index (χ3n) is 4.57. The van der Waals surface area contributed by atoms with Crippen LogP contribution in [0, 0.1) is 18.3 Å². The van der Waals surface area contributed by atoms with E-state index in [2.05, 4.69) is 16.2 Å². The largest absolute Gasteiger partial charge is 0.490 e. The standard InChI is InChI=1S/C26H29N3O4/c1-16(2)31-22-9-8-19(14-21(22)15-27)25-28-24(29-33-25)20-12-17(3)11-18(13-20)7-10-23(30)32-26(4,5)6/h8-9,11-14,16H,7,10H2,1-6H3. The van der Waals surface area contributed by atoms with E-state index in [-0.39, 0.29) is 12.1 Å². The van der Waals surface area contributed by atoms with E-state index >= 15 is 0 Å². The van der Waals surface area contributed by atoms with Crippen molar-refractivity contribution in [3.8, 4) is 34.7 Å². The summed E-state index contributed by atoms with van der Waals surface area (Å²) in [6.45, 7) is 11.4. The van der Waals surface area contributed by atoms with Crippen LogP contribution in [0.4, 0.5) is 0 Å². The Labute approximate surface area is 194 Å². The van der Waals surface area contributed by atoms with E-state index in [1.54, 1.807) is 18.2 Å². The van der Waals surface area contributed by atoms with Crippen LogP contribution in [0.1, 0.15) is 57.7 Å². The molecular formula is C26H29N3O4. The first-order chi connectivity index (χ1) is 15.5. The molecule has 0 aliphatic heterocycles. The van der Waals surface area contributed by atoms with Crippen molar-refractivity contribution in [3.63, 3.8) is 0 Å². The second-order valence-electron chi connectivity index (χ2n) is 9.21. The second-order valence-corrected chi connectivity index (χ2v) is 9.21. The number of ether oxygens (including phenoxy) is 2. The third-order valence-corrected chi connectivity index (χ3v) is 4.57. The molecule has 3 rings (SSSR count). The monoisotopic (exact) mass is 447 g/mol. The Bertz CT molecular complexity index is 1180. The Hall–Kier alpha value is -3.66. The SMILES string of the molecule is Cc1cc(CCC(=O)OC(C)(C)C)cc(-c2noc(-c3ccc(OC(C)C)c(C#N)c3)n2)c1. The minimum absolute atomic E-state index is 0.0382. The lowest BCUT2D eigenvalue weighted by molar-refractivity contribution is -0.154. The van der Waals surface area contributed by atoms with Crippen LogP contribution in [0.3, 0.4) is 0 Å². The summed E-state index contributed by atoms with van der Waals surface area (Å²) in [6, 6.07) is 13.3. The van der Waals surface area contributed by atoms with Gasteiger partial charge in [-0.2, -0.15) is 10.2 Å². The van der Waals surface area contributed by atoms with E-state index in [4.69, 9.17) is 14.0 Å². The van der Waals surface area contributed by atoms with Crippen LogP contribution in [0.25, 0.3) is 22.8 Å². The van der Waals surface area contributed by atoms with Gasteiger partial charge in [0.05, 0.1) is 11.7 Å². The summed E-state index contributed by atoms with van der Waals surface area (Å²) in [6.07, 6.45) is 0.806. The van der Waals surface area contributed by atoms with Crippen molar-refractivity contribution in [2.24, 2.45) is 0 Å². The molecule has 0 saturated heterocycles. The molecule has 33 heavy (non-hydrogen) atoms. The van der Waals surface area contributed by atoms with E-state index in [0.29, 0.717) is 41.4 Å². The van der Waals surface area contributed by atoms with Crippen LogP contribution in [-0.4, -0.2) is 27.8 Å². The molecule has 7 heteroatoms. The van der Waals surface area contributed by atoms with E-state index in [0.717, 1.165) is 16.7 Å². The molecule has 0 radical (unpaired) electrons. The quantitative estimate of drug-likeness (QED) is 0.432. The highest BCUT2D eigenvalue weighted by Gasteiger charge is 2.17. The molecule has 0 aliphatic rings. The highest BCUT2D eigenvalue weighted by molar-refractivity contribution is 5.70. The van der Waals surface area contributed by atoms with Crippen LogP contribution < -0.4 is 4.74 Å². The molecule has 0 amide bonds. The number of hydrogen-bond acceptors (Lipinski definition) is 7. The predicted molar refractivity (Wildman–Crippen MR) is 125 cm³/mol. The first-order valence-electron chi connectivity index (χ1n) is 10.9. The van der Waals surface area contributed by atoms with Crippen molar-refractivity contribution in [2.45, 2.75) is 66.1 Å². The number of aryl methyl sites for hydroxylation is 2. The number of aromatic nitrogens is 2. The van der Waals surface area contributed by atoms with Crippen molar-refractivity contribution < 1.29 is 18.8 Å². The number of rotatable bonds is 7. The van der Waals surface area contributed by atoms with Gasteiger partial charge in [-0.25, -0.2) is 0 Å². The number of esters is 1. The van der Waals surface area contributed by atoms with Gasteiger partial charge in [0.15, 0.2) is 0 Å². The molecule has 3 aromatic rings. The molecule has 2 aromatic carbocycles. The molecule has 0 unspecified atom stereocenters. The molecule has 0 spiro atoms. The van der Waals surface area contributed by atoms with Crippen LogP contribution in [0.2, 0.25) is 0 Å². The predicted octanol–water partition coefficient (Wildman–Crippen LogP) is 5.65. The number of carbonyl (C=O) groups is 1. The number of benzene rings is 2. The number of nitriles is 1. The van der Waals surface area contributed by atoms with Crippen LogP contribution in [-0.2, 0) is 16.0 Å². The van der Waals surface area contributed by atoms with E-state index in [1.807, 2.05) is 59.7 Å². The normalized spacial score (nSPS) is 11.3. The average molecular weight is 448 g/mol. The van der Waals surface area contributed by atoms with Gasteiger partial charge in [0.2, 0.25) is 5.82 Å². The van der Waals surface area contributed by atoms with Gasteiger partial charge in [0.1, 0.15) is 17.4 Å². The fourth-order valence-corrected chi connectivity index (χ4v) is 3.34. The Balaban J connectivity index is 1.80.